The van der Waals surface area contributed by atoms with E-state index in [1.807, 2.05) is 30.3 Å². The molecule has 1 atom stereocenters. The first kappa shape index (κ1) is 20.3. The zero-order valence-electron chi connectivity index (χ0n) is 17.2. The largest absolute Gasteiger partial charge is 0.474 e. The summed E-state index contributed by atoms with van der Waals surface area (Å²) >= 11 is 0. The Labute approximate surface area is 168 Å². The van der Waals surface area contributed by atoms with Crippen LogP contribution in [0.3, 0.4) is 0 Å². The Morgan fingerprint density at radius 1 is 1.04 bits per heavy atom. The molecule has 28 heavy (non-hydrogen) atoms. The van der Waals surface area contributed by atoms with Gasteiger partial charge in [-0.15, -0.1) is 0 Å². The van der Waals surface area contributed by atoms with Crippen LogP contribution in [0.5, 0.6) is 0 Å². The van der Waals surface area contributed by atoms with Crippen LogP contribution in [0.4, 0.5) is 5.69 Å². The van der Waals surface area contributed by atoms with Gasteiger partial charge in [-0.25, -0.2) is 9.98 Å². The summed E-state index contributed by atoms with van der Waals surface area (Å²) in [4.78, 5) is 9.85. The average molecular weight is 379 g/mol. The molecule has 4 nitrogen and oxygen atoms in total. The lowest BCUT2D eigenvalue weighted by molar-refractivity contribution is 0.251. The number of hydrogen-bond donors (Lipinski definition) is 1. The van der Waals surface area contributed by atoms with Gasteiger partial charge in [-0.2, -0.15) is 0 Å². The van der Waals surface area contributed by atoms with Gasteiger partial charge in [0, 0.05) is 12.2 Å². The SMILES string of the molecule is CC(C)c1cccc(C(C)C)c1/N=C(/C1=N[C@@H](CCO)CO1)c1ccccc1. The summed E-state index contributed by atoms with van der Waals surface area (Å²) < 4.78 is 5.92. The molecule has 148 valence electrons. The maximum absolute atomic E-state index is 9.24. The van der Waals surface area contributed by atoms with E-state index in [0.717, 1.165) is 17.0 Å². The first-order valence-corrected chi connectivity index (χ1v) is 10.1. The Morgan fingerprint density at radius 3 is 2.25 bits per heavy atom. The van der Waals surface area contributed by atoms with Gasteiger partial charge in [0.1, 0.15) is 12.3 Å². The number of benzene rings is 2. The molecule has 3 rings (SSSR count). The molecule has 1 N–H and O–H groups in total. The average Bonchev–Trinajstić information content (AvgIpc) is 3.15. The van der Waals surface area contributed by atoms with Crippen molar-refractivity contribution in [3.63, 3.8) is 0 Å². The number of aliphatic imine (C=N–C) groups is 2. The van der Waals surface area contributed by atoms with Gasteiger partial charge in [0.25, 0.3) is 0 Å². The van der Waals surface area contributed by atoms with Crippen molar-refractivity contribution >= 4 is 17.3 Å². The van der Waals surface area contributed by atoms with Gasteiger partial charge in [0.05, 0.1) is 11.7 Å². The molecule has 2 aromatic rings. The summed E-state index contributed by atoms with van der Waals surface area (Å²) in [6.45, 7) is 9.38. The van der Waals surface area contributed by atoms with Crippen molar-refractivity contribution in [1.29, 1.82) is 0 Å². The highest BCUT2D eigenvalue weighted by Gasteiger charge is 2.25. The van der Waals surface area contributed by atoms with E-state index in [1.54, 1.807) is 0 Å². The summed E-state index contributed by atoms with van der Waals surface area (Å²) in [5.74, 6) is 1.30. The highest BCUT2D eigenvalue weighted by molar-refractivity contribution is 6.46. The lowest BCUT2D eigenvalue weighted by Crippen LogP contribution is -2.16. The summed E-state index contributed by atoms with van der Waals surface area (Å²) in [5.41, 5.74) is 5.22. The van der Waals surface area contributed by atoms with Gasteiger partial charge < -0.3 is 9.84 Å². The number of aliphatic hydroxyl groups excluding tert-OH is 1. The Hall–Kier alpha value is -2.46. The summed E-state index contributed by atoms with van der Waals surface area (Å²) in [6.07, 6.45) is 0.603. The van der Waals surface area contributed by atoms with Crippen molar-refractivity contribution in [2.24, 2.45) is 9.98 Å². The first-order valence-electron chi connectivity index (χ1n) is 10.1. The number of nitrogens with zero attached hydrogens (tertiary/aromatic N) is 2. The molecule has 0 unspecified atom stereocenters. The van der Waals surface area contributed by atoms with Gasteiger partial charge in [-0.1, -0.05) is 76.2 Å². The van der Waals surface area contributed by atoms with Crippen molar-refractivity contribution in [2.45, 2.75) is 52.0 Å². The number of hydrogen-bond acceptors (Lipinski definition) is 4. The van der Waals surface area contributed by atoms with E-state index in [4.69, 9.17) is 14.7 Å². The molecule has 0 radical (unpaired) electrons. The maximum Gasteiger partial charge on any atom is 0.236 e. The first-order chi connectivity index (χ1) is 13.5. The van der Waals surface area contributed by atoms with Crippen molar-refractivity contribution in [3.8, 4) is 0 Å². The molecule has 0 saturated carbocycles. The van der Waals surface area contributed by atoms with E-state index in [2.05, 4.69) is 45.9 Å². The molecule has 1 aliphatic rings. The molecular weight excluding hydrogens is 348 g/mol. The number of para-hydroxylation sites is 1. The minimum Gasteiger partial charge on any atom is -0.474 e. The van der Waals surface area contributed by atoms with Crippen molar-refractivity contribution < 1.29 is 9.84 Å². The molecule has 0 spiro atoms. The standard InChI is InChI=1S/C24H30N2O2/c1-16(2)20-11-8-12-21(17(3)4)23(20)26-22(18-9-6-5-7-10-18)24-25-19(13-14-27)15-28-24/h5-12,16-17,19,27H,13-15H2,1-4H3/b26-22+/t19-/m0/s1. The fraction of sp³-hybridized carbons (Fsp3) is 0.417. The molecule has 0 saturated heterocycles. The maximum atomic E-state index is 9.24. The van der Waals surface area contributed by atoms with Gasteiger partial charge in [-0.3, -0.25) is 0 Å². The van der Waals surface area contributed by atoms with Crippen molar-refractivity contribution in [3.05, 3.63) is 65.2 Å². The predicted octanol–water partition coefficient (Wildman–Crippen LogP) is 5.23. The van der Waals surface area contributed by atoms with Crippen LogP contribution >= 0.6 is 0 Å². The molecule has 0 bridgehead atoms. The van der Waals surface area contributed by atoms with Crippen LogP contribution in [0.15, 0.2) is 58.5 Å². The van der Waals surface area contributed by atoms with Crippen LogP contribution in [0, 0.1) is 0 Å². The Kier molecular flexibility index (Phi) is 6.63. The quantitative estimate of drug-likeness (QED) is 0.670. The normalized spacial score (nSPS) is 17.2. The molecule has 0 aliphatic carbocycles. The number of aliphatic hydroxyl groups is 1. The van der Waals surface area contributed by atoms with Gasteiger partial charge in [0.15, 0.2) is 0 Å². The zero-order valence-corrected chi connectivity index (χ0v) is 17.2. The Balaban J connectivity index is 2.17. The summed E-state index contributed by atoms with van der Waals surface area (Å²) in [7, 11) is 0. The Morgan fingerprint density at radius 2 is 1.68 bits per heavy atom. The minimum atomic E-state index is -0.0150. The van der Waals surface area contributed by atoms with Crippen LogP contribution in [-0.2, 0) is 4.74 Å². The second-order valence-corrected chi connectivity index (χ2v) is 7.83. The summed E-state index contributed by atoms with van der Waals surface area (Å²) in [5, 5.41) is 9.24. The highest BCUT2D eigenvalue weighted by Crippen LogP contribution is 2.35. The molecule has 0 aromatic heterocycles. The van der Waals surface area contributed by atoms with Crippen LogP contribution < -0.4 is 0 Å². The summed E-state index contributed by atoms with van der Waals surface area (Å²) in [6, 6.07) is 16.5. The van der Waals surface area contributed by atoms with Crippen LogP contribution in [-0.4, -0.2) is 36.0 Å². The van der Waals surface area contributed by atoms with E-state index >= 15 is 0 Å². The fourth-order valence-electron chi connectivity index (χ4n) is 3.43. The molecule has 0 fully saturated rings. The minimum absolute atomic E-state index is 0.0150. The second kappa shape index (κ2) is 9.16. The van der Waals surface area contributed by atoms with Crippen molar-refractivity contribution in [1.82, 2.24) is 0 Å². The Bertz CT molecular complexity index is 828. The lowest BCUT2D eigenvalue weighted by atomic mass is 9.92. The highest BCUT2D eigenvalue weighted by atomic mass is 16.5. The number of ether oxygens (including phenoxy) is 1. The van der Waals surface area contributed by atoms with Crippen LogP contribution in [0.25, 0.3) is 0 Å². The van der Waals surface area contributed by atoms with Crippen LogP contribution in [0.2, 0.25) is 0 Å². The molecule has 1 heterocycles. The van der Waals surface area contributed by atoms with E-state index in [1.165, 1.54) is 11.1 Å². The topological polar surface area (TPSA) is 54.2 Å². The molecule has 2 aromatic carbocycles. The fourth-order valence-corrected chi connectivity index (χ4v) is 3.43. The van der Waals surface area contributed by atoms with Gasteiger partial charge in [0.2, 0.25) is 5.90 Å². The monoisotopic (exact) mass is 378 g/mol. The van der Waals surface area contributed by atoms with Gasteiger partial charge in [-0.05, 0) is 29.4 Å². The van der Waals surface area contributed by atoms with E-state index < -0.39 is 0 Å². The zero-order chi connectivity index (χ0) is 20.1. The lowest BCUT2D eigenvalue weighted by Gasteiger charge is -2.18. The van der Waals surface area contributed by atoms with E-state index in [0.29, 0.717) is 30.8 Å². The van der Waals surface area contributed by atoms with Crippen molar-refractivity contribution in [2.75, 3.05) is 13.2 Å². The molecule has 0 amide bonds. The predicted molar refractivity (Wildman–Crippen MR) is 116 cm³/mol. The smallest absolute Gasteiger partial charge is 0.236 e. The third kappa shape index (κ3) is 4.50. The van der Waals surface area contributed by atoms with Gasteiger partial charge >= 0.3 is 0 Å². The second-order valence-electron chi connectivity index (χ2n) is 7.83. The molecule has 4 heteroatoms. The van der Waals surface area contributed by atoms with Crippen LogP contribution in [0.1, 0.15) is 62.6 Å². The molecular formula is C24H30N2O2. The third-order valence-electron chi connectivity index (χ3n) is 4.99. The van der Waals surface area contributed by atoms with E-state index in [9.17, 15) is 5.11 Å². The van der Waals surface area contributed by atoms with E-state index in [-0.39, 0.29) is 12.6 Å². The third-order valence-corrected chi connectivity index (χ3v) is 4.99. The number of rotatable bonds is 7. The molecule has 1 aliphatic heterocycles.